The third kappa shape index (κ3) is 2.65. The number of hydrogen-bond donors (Lipinski definition) is 1. The summed E-state index contributed by atoms with van der Waals surface area (Å²) in [6.45, 7) is 3.98. The molecule has 1 heterocycles. The summed E-state index contributed by atoms with van der Waals surface area (Å²) in [5.74, 6) is 0.872. The van der Waals surface area contributed by atoms with Gasteiger partial charge in [-0.25, -0.2) is 0 Å². The molecule has 0 radical (unpaired) electrons. The van der Waals surface area contributed by atoms with Crippen LogP contribution in [0.4, 0.5) is 0 Å². The van der Waals surface area contributed by atoms with Crippen LogP contribution in [0.15, 0.2) is 0 Å². The fourth-order valence-electron chi connectivity index (χ4n) is 1.85. The standard InChI is InChI=1S/C10H18N2O2S/c1-4-8(6-15-3)12-7(2)10(14)11-5-9(12)13/h7-8H,4-6H2,1-3H3,(H,11,14). The van der Waals surface area contributed by atoms with Gasteiger partial charge >= 0.3 is 0 Å². The molecular weight excluding hydrogens is 212 g/mol. The first kappa shape index (κ1) is 12.4. The summed E-state index contributed by atoms with van der Waals surface area (Å²) in [6, 6.07) is -0.156. The van der Waals surface area contributed by atoms with Gasteiger partial charge in [-0.3, -0.25) is 9.59 Å². The van der Waals surface area contributed by atoms with E-state index in [0.717, 1.165) is 12.2 Å². The topological polar surface area (TPSA) is 49.4 Å². The quantitative estimate of drug-likeness (QED) is 0.764. The summed E-state index contributed by atoms with van der Waals surface area (Å²) in [5, 5.41) is 2.60. The number of rotatable bonds is 4. The molecule has 2 amide bonds. The van der Waals surface area contributed by atoms with Crippen LogP contribution in [0.1, 0.15) is 20.3 Å². The Hall–Kier alpha value is -0.710. The molecule has 1 fully saturated rings. The number of amides is 2. The summed E-state index contributed by atoms with van der Waals surface area (Å²) in [6.07, 6.45) is 2.91. The van der Waals surface area contributed by atoms with Crippen molar-refractivity contribution in [2.45, 2.75) is 32.4 Å². The van der Waals surface area contributed by atoms with E-state index in [1.54, 1.807) is 23.6 Å². The molecule has 1 aliphatic heterocycles. The molecule has 0 aromatic rings. The van der Waals surface area contributed by atoms with Gasteiger partial charge < -0.3 is 10.2 Å². The molecule has 0 aromatic heterocycles. The van der Waals surface area contributed by atoms with Crippen molar-refractivity contribution >= 4 is 23.6 Å². The van der Waals surface area contributed by atoms with Crippen LogP contribution in [-0.2, 0) is 9.59 Å². The first-order valence-corrected chi connectivity index (χ1v) is 6.59. The van der Waals surface area contributed by atoms with E-state index in [1.165, 1.54) is 0 Å². The molecular formula is C10H18N2O2S. The lowest BCUT2D eigenvalue weighted by atomic mass is 10.1. The number of carbonyl (C=O) groups is 2. The van der Waals surface area contributed by atoms with Gasteiger partial charge in [0.05, 0.1) is 6.54 Å². The maximum atomic E-state index is 11.7. The average molecular weight is 230 g/mol. The van der Waals surface area contributed by atoms with Crippen LogP contribution >= 0.6 is 11.8 Å². The molecule has 0 saturated carbocycles. The van der Waals surface area contributed by atoms with E-state index in [1.807, 2.05) is 13.2 Å². The Labute approximate surface area is 94.8 Å². The third-order valence-corrected chi connectivity index (χ3v) is 3.44. The van der Waals surface area contributed by atoms with Gasteiger partial charge in [0.2, 0.25) is 11.8 Å². The number of hydrogen-bond acceptors (Lipinski definition) is 3. The summed E-state index contributed by atoms with van der Waals surface area (Å²) < 4.78 is 0. The largest absolute Gasteiger partial charge is 0.345 e. The van der Waals surface area contributed by atoms with Gasteiger partial charge in [-0.15, -0.1) is 0 Å². The maximum Gasteiger partial charge on any atom is 0.242 e. The molecule has 0 aliphatic carbocycles. The van der Waals surface area contributed by atoms with Crippen molar-refractivity contribution in [1.29, 1.82) is 0 Å². The maximum absolute atomic E-state index is 11.7. The second-order valence-corrected chi connectivity index (χ2v) is 4.62. The first-order valence-electron chi connectivity index (χ1n) is 5.19. The Morgan fingerprint density at radius 2 is 2.27 bits per heavy atom. The molecule has 1 N–H and O–H groups in total. The van der Waals surface area contributed by atoms with Crippen molar-refractivity contribution in [3.8, 4) is 0 Å². The highest BCUT2D eigenvalue weighted by Gasteiger charge is 2.34. The number of nitrogens with one attached hydrogen (secondary N) is 1. The van der Waals surface area contributed by atoms with Crippen LogP contribution in [0.5, 0.6) is 0 Å². The smallest absolute Gasteiger partial charge is 0.242 e. The van der Waals surface area contributed by atoms with Gasteiger partial charge in [-0.05, 0) is 19.6 Å². The first-order chi connectivity index (χ1) is 7.11. The molecule has 5 heteroatoms. The van der Waals surface area contributed by atoms with Crippen molar-refractivity contribution in [2.24, 2.45) is 0 Å². The lowest BCUT2D eigenvalue weighted by molar-refractivity contribution is -0.147. The monoisotopic (exact) mass is 230 g/mol. The van der Waals surface area contributed by atoms with Crippen LogP contribution in [0.25, 0.3) is 0 Å². The minimum Gasteiger partial charge on any atom is -0.345 e. The van der Waals surface area contributed by atoms with Gasteiger partial charge in [0, 0.05) is 11.8 Å². The molecule has 0 aromatic carbocycles. The van der Waals surface area contributed by atoms with E-state index < -0.39 is 0 Å². The molecule has 0 spiro atoms. The molecule has 4 nitrogen and oxygen atoms in total. The fourth-order valence-corrected chi connectivity index (χ4v) is 2.63. The highest BCUT2D eigenvalue weighted by atomic mass is 32.2. The zero-order valence-electron chi connectivity index (χ0n) is 9.45. The number of piperazine rings is 1. The Bertz CT molecular complexity index is 258. The summed E-state index contributed by atoms with van der Waals surface area (Å²) in [7, 11) is 0. The Kier molecular flexibility index (Phi) is 4.45. The van der Waals surface area contributed by atoms with Crippen LogP contribution in [-0.4, -0.2) is 47.4 Å². The zero-order chi connectivity index (χ0) is 11.4. The summed E-state index contributed by atoms with van der Waals surface area (Å²) in [4.78, 5) is 24.9. The van der Waals surface area contributed by atoms with Gasteiger partial charge in [-0.1, -0.05) is 6.92 Å². The molecule has 1 aliphatic rings. The minimum atomic E-state index is -0.330. The van der Waals surface area contributed by atoms with E-state index in [0.29, 0.717) is 0 Å². The lowest BCUT2D eigenvalue weighted by Gasteiger charge is -2.38. The second kappa shape index (κ2) is 5.39. The predicted octanol–water partition coefficient (Wildman–Crippen LogP) is 0.475. The van der Waals surface area contributed by atoms with E-state index in [-0.39, 0.29) is 30.4 Å². The molecule has 15 heavy (non-hydrogen) atoms. The summed E-state index contributed by atoms with van der Waals surface area (Å²) in [5.41, 5.74) is 0. The predicted molar refractivity (Wildman–Crippen MR) is 61.8 cm³/mol. The van der Waals surface area contributed by atoms with Crippen molar-refractivity contribution in [2.75, 3.05) is 18.6 Å². The van der Waals surface area contributed by atoms with Crippen molar-refractivity contribution in [3.63, 3.8) is 0 Å². The Morgan fingerprint density at radius 3 is 2.80 bits per heavy atom. The van der Waals surface area contributed by atoms with Crippen LogP contribution in [0.2, 0.25) is 0 Å². The van der Waals surface area contributed by atoms with Crippen LogP contribution in [0.3, 0.4) is 0 Å². The van der Waals surface area contributed by atoms with Crippen molar-refractivity contribution in [3.05, 3.63) is 0 Å². The lowest BCUT2D eigenvalue weighted by Crippen LogP contribution is -2.60. The van der Waals surface area contributed by atoms with E-state index in [2.05, 4.69) is 5.32 Å². The number of nitrogens with zero attached hydrogens (tertiary/aromatic N) is 1. The molecule has 1 rings (SSSR count). The SMILES string of the molecule is CCC(CSC)N1C(=O)CNC(=O)C1C. The van der Waals surface area contributed by atoms with Gasteiger partial charge in [0.1, 0.15) is 6.04 Å². The molecule has 86 valence electrons. The molecule has 0 bridgehead atoms. The van der Waals surface area contributed by atoms with E-state index >= 15 is 0 Å². The van der Waals surface area contributed by atoms with E-state index in [4.69, 9.17) is 0 Å². The molecule has 2 atom stereocenters. The van der Waals surface area contributed by atoms with Crippen molar-refractivity contribution < 1.29 is 9.59 Å². The average Bonchev–Trinajstić information content (AvgIpc) is 2.22. The normalized spacial score (nSPS) is 23.9. The van der Waals surface area contributed by atoms with Gasteiger partial charge in [0.15, 0.2) is 0 Å². The Morgan fingerprint density at radius 1 is 1.60 bits per heavy atom. The van der Waals surface area contributed by atoms with Crippen LogP contribution in [0, 0.1) is 0 Å². The number of carbonyl (C=O) groups excluding carboxylic acids is 2. The van der Waals surface area contributed by atoms with Gasteiger partial charge in [0.25, 0.3) is 0 Å². The second-order valence-electron chi connectivity index (χ2n) is 3.71. The van der Waals surface area contributed by atoms with Gasteiger partial charge in [-0.2, -0.15) is 11.8 Å². The Balaban J connectivity index is 2.77. The van der Waals surface area contributed by atoms with Crippen molar-refractivity contribution in [1.82, 2.24) is 10.2 Å². The number of thioether (sulfide) groups is 1. The zero-order valence-corrected chi connectivity index (χ0v) is 10.3. The summed E-state index contributed by atoms with van der Waals surface area (Å²) >= 11 is 1.71. The fraction of sp³-hybridized carbons (Fsp3) is 0.800. The van der Waals surface area contributed by atoms with Crippen LogP contribution < -0.4 is 5.32 Å². The molecule has 1 saturated heterocycles. The highest BCUT2D eigenvalue weighted by molar-refractivity contribution is 7.98. The van der Waals surface area contributed by atoms with E-state index in [9.17, 15) is 9.59 Å². The highest BCUT2D eigenvalue weighted by Crippen LogP contribution is 2.16. The minimum absolute atomic E-state index is 0.0306. The third-order valence-electron chi connectivity index (χ3n) is 2.72. The molecule has 2 unspecified atom stereocenters.